The van der Waals surface area contributed by atoms with E-state index in [2.05, 4.69) is 18.0 Å². The molecule has 0 heterocycles. The van der Waals surface area contributed by atoms with Crippen LogP contribution in [-0.4, -0.2) is 13.8 Å². The zero-order valence-corrected chi connectivity index (χ0v) is 5.17. The maximum atomic E-state index is 3.98. The molecule has 0 N–H and O–H groups in total. The minimum absolute atomic E-state index is 0.611. The van der Waals surface area contributed by atoms with Gasteiger partial charge in [-0.05, 0) is 0 Å². The van der Waals surface area contributed by atoms with Crippen molar-refractivity contribution in [2.75, 3.05) is 0 Å². The fraction of sp³-hybridized carbons (Fsp3) is 1.00. The summed E-state index contributed by atoms with van der Waals surface area (Å²) in [4.78, 5) is 0. The molecule has 0 aliphatic carbocycles. The van der Waals surface area contributed by atoms with Gasteiger partial charge in [-0.15, -0.1) is 0 Å². The van der Waals surface area contributed by atoms with Crippen LogP contribution in [0.15, 0.2) is 0 Å². The number of rotatable bonds is 1. The molecule has 0 bridgehead atoms. The van der Waals surface area contributed by atoms with E-state index in [1.54, 1.807) is 0 Å². The Morgan fingerprint density at radius 3 is 2.25 bits per heavy atom. The van der Waals surface area contributed by atoms with Crippen molar-refractivity contribution < 1.29 is 0 Å². The van der Waals surface area contributed by atoms with E-state index in [4.69, 9.17) is 0 Å². The van der Waals surface area contributed by atoms with Gasteiger partial charge in [0.2, 0.25) is 0 Å². The summed E-state index contributed by atoms with van der Waals surface area (Å²) in [6.45, 7) is 2.13. The second kappa shape index (κ2) is 3.87. The molecule has 0 saturated heterocycles. The van der Waals surface area contributed by atoms with Crippen molar-refractivity contribution >= 4 is 24.9 Å². The molecule has 0 rings (SSSR count). The van der Waals surface area contributed by atoms with Gasteiger partial charge < -0.3 is 0 Å². The van der Waals surface area contributed by atoms with Crippen LogP contribution < -0.4 is 0 Å². The molecule has 0 spiro atoms. The summed E-state index contributed by atoms with van der Waals surface area (Å²) in [6, 6.07) is 0. The average Bonchev–Trinajstić information content (AvgIpc) is 1.37. The van der Waals surface area contributed by atoms with Crippen molar-refractivity contribution in [2.45, 2.75) is 12.2 Å². The van der Waals surface area contributed by atoms with Crippen LogP contribution in [0.5, 0.6) is 0 Å². The second-order valence-corrected chi connectivity index (χ2v) is 3.51. The summed E-state index contributed by atoms with van der Waals surface area (Å²) in [7, 11) is 0. The molecular weight excluding hydrogens is 135 g/mol. The molecule has 0 aliphatic rings. The molecule has 0 aromatic carbocycles. The van der Waals surface area contributed by atoms with Crippen molar-refractivity contribution in [1.82, 2.24) is 0 Å². The van der Waals surface area contributed by atoms with E-state index in [0.717, 1.165) is 0 Å². The molecule has 0 nitrogen and oxygen atoms in total. The van der Waals surface area contributed by atoms with E-state index in [-0.39, 0.29) is 0 Å². The van der Waals surface area contributed by atoms with E-state index in [0.29, 0.717) is 13.8 Å². The zero-order chi connectivity index (χ0) is 3.41. The summed E-state index contributed by atoms with van der Waals surface area (Å²) in [5.41, 5.74) is 0. The molecule has 0 aliphatic heterocycles. The fourth-order valence-corrected chi connectivity index (χ4v) is 0. The van der Waals surface area contributed by atoms with Crippen molar-refractivity contribution in [3.63, 3.8) is 0 Å². The Bertz CT molecular complexity index is 8.00. The van der Waals surface area contributed by atoms with Crippen LogP contribution in [-0.2, 0) is 0 Å². The Balaban J connectivity index is 1.97. The standard InChI is InChI=1S/C2H6SSe/c1-2-4-3/h3H,2H2,1H3. The number of hydrogen-bond acceptors (Lipinski definition) is 1. The molecule has 0 radical (unpaired) electrons. The van der Waals surface area contributed by atoms with Gasteiger partial charge in [-0.2, -0.15) is 0 Å². The zero-order valence-electron chi connectivity index (χ0n) is 2.56. The van der Waals surface area contributed by atoms with Crippen LogP contribution in [0.3, 0.4) is 0 Å². The minimum atomic E-state index is 0.611. The Morgan fingerprint density at radius 1 is 2.00 bits per heavy atom. The van der Waals surface area contributed by atoms with E-state index in [9.17, 15) is 0 Å². The van der Waals surface area contributed by atoms with Gasteiger partial charge in [0.05, 0.1) is 0 Å². The van der Waals surface area contributed by atoms with Gasteiger partial charge in [0, 0.05) is 0 Å². The topological polar surface area (TPSA) is 0 Å². The average molecular weight is 141 g/mol. The van der Waals surface area contributed by atoms with E-state index < -0.39 is 0 Å². The first-order valence-corrected chi connectivity index (χ1v) is 5.05. The predicted octanol–water partition coefficient (Wildman–Crippen LogP) is 0.974. The molecule has 0 amide bonds. The molecule has 0 saturated carbocycles. The number of thiol groups is 1. The van der Waals surface area contributed by atoms with Gasteiger partial charge >= 0.3 is 37.1 Å². The van der Waals surface area contributed by atoms with Crippen LogP contribution in [0.25, 0.3) is 0 Å². The molecule has 0 fully saturated rings. The van der Waals surface area contributed by atoms with Gasteiger partial charge in [-0.3, -0.25) is 0 Å². The van der Waals surface area contributed by atoms with Crippen LogP contribution in [0.4, 0.5) is 0 Å². The van der Waals surface area contributed by atoms with Crippen molar-refractivity contribution in [2.24, 2.45) is 0 Å². The molecule has 4 heavy (non-hydrogen) atoms. The summed E-state index contributed by atoms with van der Waals surface area (Å²) in [5, 5.41) is 1.25. The third-order valence-corrected chi connectivity index (χ3v) is 2.01. The summed E-state index contributed by atoms with van der Waals surface area (Å²) in [5.74, 6) is 0. The molecular formula is C2H6SSe. The van der Waals surface area contributed by atoms with E-state index >= 15 is 0 Å². The second-order valence-electron chi connectivity index (χ2n) is 0.418. The van der Waals surface area contributed by atoms with E-state index in [1.165, 1.54) is 5.32 Å². The van der Waals surface area contributed by atoms with Crippen LogP contribution in [0, 0.1) is 0 Å². The molecule has 0 aromatic heterocycles. The summed E-state index contributed by atoms with van der Waals surface area (Å²) in [6.07, 6.45) is 0. The van der Waals surface area contributed by atoms with Crippen molar-refractivity contribution in [3.05, 3.63) is 0 Å². The van der Waals surface area contributed by atoms with Crippen LogP contribution >= 0.6 is 11.0 Å². The quantitative estimate of drug-likeness (QED) is 0.408. The SMILES string of the molecule is CC[Se]S. The van der Waals surface area contributed by atoms with Crippen LogP contribution in [0.2, 0.25) is 5.32 Å². The van der Waals surface area contributed by atoms with Gasteiger partial charge in [-0.1, -0.05) is 0 Å². The third kappa shape index (κ3) is 2.87. The predicted molar refractivity (Wildman–Crippen MR) is 25.2 cm³/mol. The monoisotopic (exact) mass is 142 g/mol. The first kappa shape index (κ1) is 4.87. The Kier molecular flexibility index (Phi) is 4.71. The Hall–Kier alpha value is 0.869. The van der Waals surface area contributed by atoms with Gasteiger partial charge in [-0.25, -0.2) is 0 Å². The summed E-state index contributed by atoms with van der Waals surface area (Å²) < 4.78 is 0. The van der Waals surface area contributed by atoms with Crippen LogP contribution in [0.1, 0.15) is 6.92 Å². The molecule has 0 aromatic rings. The Morgan fingerprint density at radius 2 is 2.25 bits per heavy atom. The van der Waals surface area contributed by atoms with Crippen molar-refractivity contribution in [3.8, 4) is 0 Å². The molecule has 2 heteroatoms. The van der Waals surface area contributed by atoms with Crippen molar-refractivity contribution in [1.29, 1.82) is 0 Å². The fourth-order valence-electron chi connectivity index (χ4n) is 0. The van der Waals surface area contributed by atoms with E-state index in [1.807, 2.05) is 0 Å². The third-order valence-electron chi connectivity index (χ3n) is 0.129. The molecule has 0 atom stereocenters. The van der Waals surface area contributed by atoms with Gasteiger partial charge in [0.1, 0.15) is 0 Å². The first-order chi connectivity index (χ1) is 1.91. The molecule has 0 unspecified atom stereocenters. The van der Waals surface area contributed by atoms with Gasteiger partial charge in [0.15, 0.2) is 0 Å². The first-order valence-electron chi connectivity index (χ1n) is 1.18. The number of hydrogen-bond donors (Lipinski definition) is 1. The van der Waals surface area contributed by atoms with Gasteiger partial charge in [0.25, 0.3) is 0 Å². The summed E-state index contributed by atoms with van der Waals surface area (Å²) >= 11 is 4.59. The molecule has 26 valence electrons. The normalized spacial score (nSPS) is 7.50. The maximum absolute atomic E-state index is 3.98. The Labute approximate surface area is 37.6 Å².